The predicted octanol–water partition coefficient (Wildman–Crippen LogP) is 2.05. The summed E-state index contributed by atoms with van der Waals surface area (Å²) in [7, 11) is 0. The van der Waals surface area contributed by atoms with E-state index in [1.165, 1.54) is 4.90 Å². The lowest BCUT2D eigenvalue weighted by Gasteiger charge is -2.23. The van der Waals surface area contributed by atoms with Gasteiger partial charge < -0.3 is 5.11 Å². The van der Waals surface area contributed by atoms with Gasteiger partial charge in [0.15, 0.2) is 0 Å². The lowest BCUT2D eigenvalue weighted by molar-refractivity contribution is -0.141. The van der Waals surface area contributed by atoms with Gasteiger partial charge >= 0.3 is 5.97 Å². The largest absolute Gasteiger partial charge is 0.481 e. The lowest BCUT2D eigenvalue weighted by atomic mass is 9.81. The first-order chi connectivity index (χ1) is 8.88. The van der Waals surface area contributed by atoms with Gasteiger partial charge in [-0.25, -0.2) is 0 Å². The third kappa shape index (κ3) is 3.14. The van der Waals surface area contributed by atoms with Gasteiger partial charge in [-0.05, 0) is 25.7 Å². The average Bonchev–Trinajstić information content (AvgIpc) is 2.62. The summed E-state index contributed by atoms with van der Waals surface area (Å²) >= 11 is 0. The van der Waals surface area contributed by atoms with Crippen LogP contribution in [0, 0.1) is 11.3 Å². The first kappa shape index (κ1) is 15.7. The van der Waals surface area contributed by atoms with Crippen LogP contribution in [0.1, 0.15) is 52.9 Å². The van der Waals surface area contributed by atoms with Gasteiger partial charge in [0, 0.05) is 13.0 Å². The van der Waals surface area contributed by atoms with E-state index in [0.29, 0.717) is 38.6 Å². The van der Waals surface area contributed by atoms with Gasteiger partial charge in [-0.3, -0.25) is 19.3 Å². The van der Waals surface area contributed by atoms with Gasteiger partial charge in [-0.1, -0.05) is 20.8 Å². The van der Waals surface area contributed by atoms with Crippen molar-refractivity contribution in [3.63, 3.8) is 0 Å². The molecule has 0 aliphatic carbocycles. The number of carbonyl (C=O) groups is 3. The maximum Gasteiger partial charge on any atom is 0.306 e. The molecule has 108 valence electrons. The topological polar surface area (TPSA) is 74.7 Å². The van der Waals surface area contributed by atoms with E-state index in [1.807, 2.05) is 13.8 Å². The highest BCUT2D eigenvalue weighted by molar-refractivity contribution is 6.05. The molecule has 0 aromatic heterocycles. The van der Waals surface area contributed by atoms with Crippen molar-refractivity contribution >= 4 is 17.8 Å². The molecule has 1 atom stereocenters. The molecule has 0 radical (unpaired) electrons. The van der Waals surface area contributed by atoms with Crippen molar-refractivity contribution in [1.29, 1.82) is 0 Å². The Morgan fingerprint density at radius 3 is 2.37 bits per heavy atom. The number of rotatable bonds is 7. The van der Waals surface area contributed by atoms with Crippen molar-refractivity contribution in [3.05, 3.63) is 0 Å². The van der Waals surface area contributed by atoms with Crippen molar-refractivity contribution in [2.24, 2.45) is 11.3 Å². The predicted molar refractivity (Wildman–Crippen MR) is 70.4 cm³/mol. The second kappa shape index (κ2) is 6.17. The van der Waals surface area contributed by atoms with Gasteiger partial charge in [-0.15, -0.1) is 0 Å². The van der Waals surface area contributed by atoms with Gasteiger partial charge in [0.05, 0.1) is 11.3 Å². The molecule has 5 heteroatoms. The van der Waals surface area contributed by atoms with Crippen LogP contribution in [0.15, 0.2) is 0 Å². The average molecular weight is 269 g/mol. The van der Waals surface area contributed by atoms with Crippen LogP contribution in [0.4, 0.5) is 0 Å². The molecule has 1 unspecified atom stereocenters. The van der Waals surface area contributed by atoms with Crippen LogP contribution in [-0.4, -0.2) is 34.3 Å². The molecule has 1 aliphatic heterocycles. The third-order valence-corrected chi connectivity index (χ3v) is 4.28. The minimum atomic E-state index is -0.837. The first-order valence-electron chi connectivity index (χ1n) is 6.95. The minimum Gasteiger partial charge on any atom is -0.481 e. The fourth-order valence-electron chi connectivity index (χ4n) is 2.57. The highest BCUT2D eigenvalue weighted by Crippen LogP contribution is 2.39. The zero-order chi connectivity index (χ0) is 14.6. The molecule has 0 bridgehead atoms. The standard InChI is InChI=1S/C14H23NO4/c1-4-14(5-2)9-11(16)15(13(14)19)8-6-7-10(3)12(17)18/h10H,4-9H2,1-3H3,(H,17,18). The van der Waals surface area contributed by atoms with E-state index in [9.17, 15) is 14.4 Å². The Balaban J connectivity index is 2.58. The molecule has 0 aromatic carbocycles. The maximum atomic E-state index is 12.3. The quantitative estimate of drug-likeness (QED) is 0.718. The van der Waals surface area contributed by atoms with Crippen molar-refractivity contribution in [2.75, 3.05) is 6.54 Å². The molecule has 1 saturated heterocycles. The second-order valence-corrected chi connectivity index (χ2v) is 5.40. The molecule has 0 spiro atoms. The Bertz CT molecular complexity index is 374. The van der Waals surface area contributed by atoms with Crippen LogP contribution in [-0.2, 0) is 14.4 Å². The summed E-state index contributed by atoms with van der Waals surface area (Å²) in [6, 6.07) is 0. The number of aliphatic carboxylic acids is 1. The highest BCUT2D eigenvalue weighted by Gasteiger charge is 2.48. The summed E-state index contributed by atoms with van der Waals surface area (Å²) in [5.41, 5.74) is -0.518. The Labute approximate surface area is 114 Å². The SMILES string of the molecule is CCC1(CC)CC(=O)N(CCCC(C)C(=O)O)C1=O. The zero-order valence-electron chi connectivity index (χ0n) is 11.9. The number of imide groups is 1. The number of hydrogen-bond acceptors (Lipinski definition) is 3. The van der Waals surface area contributed by atoms with Crippen molar-refractivity contribution in [1.82, 2.24) is 4.90 Å². The third-order valence-electron chi connectivity index (χ3n) is 4.28. The summed E-state index contributed by atoms with van der Waals surface area (Å²) in [4.78, 5) is 36.2. The normalized spacial score (nSPS) is 19.8. The van der Waals surface area contributed by atoms with Crippen LogP contribution < -0.4 is 0 Å². The van der Waals surface area contributed by atoms with Crippen LogP contribution in [0.5, 0.6) is 0 Å². The van der Waals surface area contributed by atoms with Gasteiger partial charge in [0.2, 0.25) is 11.8 Å². The van der Waals surface area contributed by atoms with Gasteiger partial charge in [0.25, 0.3) is 0 Å². The van der Waals surface area contributed by atoms with E-state index in [1.54, 1.807) is 6.92 Å². The van der Waals surface area contributed by atoms with Crippen LogP contribution in [0.25, 0.3) is 0 Å². The summed E-state index contributed by atoms with van der Waals surface area (Å²) in [5, 5.41) is 8.79. The molecule has 2 amide bonds. The lowest BCUT2D eigenvalue weighted by Crippen LogP contribution is -2.36. The van der Waals surface area contributed by atoms with E-state index in [-0.39, 0.29) is 11.8 Å². The van der Waals surface area contributed by atoms with Gasteiger partial charge in [0.1, 0.15) is 0 Å². The molecule has 1 heterocycles. The van der Waals surface area contributed by atoms with E-state index in [4.69, 9.17) is 5.11 Å². The molecule has 0 aromatic rings. The molecule has 0 saturated carbocycles. The summed E-state index contributed by atoms with van der Waals surface area (Å²) in [6.07, 6.45) is 2.69. The Morgan fingerprint density at radius 1 is 1.37 bits per heavy atom. The van der Waals surface area contributed by atoms with Crippen LogP contribution >= 0.6 is 0 Å². The second-order valence-electron chi connectivity index (χ2n) is 5.40. The molecule has 5 nitrogen and oxygen atoms in total. The number of amides is 2. The van der Waals surface area contributed by atoms with Crippen LogP contribution in [0.3, 0.4) is 0 Å². The molecular weight excluding hydrogens is 246 g/mol. The Morgan fingerprint density at radius 2 is 1.95 bits per heavy atom. The van der Waals surface area contributed by atoms with E-state index in [2.05, 4.69) is 0 Å². The summed E-state index contributed by atoms with van der Waals surface area (Å²) in [5.74, 6) is -1.47. The van der Waals surface area contributed by atoms with Crippen LogP contribution in [0.2, 0.25) is 0 Å². The fourth-order valence-corrected chi connectivity index (χ4v) is 2.57. The number of carboxylic acid groups (broad SMARTS) is 1. The fraction of sp³-hybridized carbons (Fsp3) is 0.786. The minimum absolute atomic E-state index is 0.0783. The maximum absolute atomic E-state index is 12.3. The van der Waals surface area contributed by atoms with E-state index in [0.717, 1.165) is 0 Å². The van der Waals surface area contributed by atoms with Crippen molar-refractivity contribution in [3.8, 4) is 0 Å². The Hall–Kier alpha value is -1.39. The van der Waals surface area contributed by atoms with E-state index < -0.39 is 17.3 Å². The molecule has 1 rings (SSSR count). The summed E-state index contributed by atoms with van der Waals surface area (Å²) in [6.45, 7) is 5.85. The van der Waals surface area contributed by atoms with E-state index >= 15 is 0 Å². The van der Waals surface area contributed by atoms with Gasteiger partial charge in [-0.2, -0.15) is 0 Å². The molecule has 1 aliphatic rings. The molecular formula is C14H23NO4. The number of carbonyl (C=O) groups excluding carboxylic acids is 2. The van der Waals surface area contributed by atoms with Crippen molar-refractivity contribution in [2.45, 2.75) is 52.9 Å². The molecule has 1 N–H and O–H groups in total. The molecule has 19 heavy (non-hydrogen) atoms. The summed E-state index contributed by atoms with van der Waals surface area (Å²) < 4.78 is 0. The monoisotopic (exact) mass is 269 g/mol. The molecule has 1 fully saturated rings. The number of hydrogen-bond donors (Lipinski definition) is 1. The zero-order valence-corrected chi connectivity index (χ0v) is 11.9. The van der Waals surface area contributed by atoms with Crippen molar-refractivity contribution < 1.29 is 19.5 Å². The number of nitrogens with zero attached hydrogens (tertiary/aromatic N) is 1. The number of likely N-dealkylation sites (tertiary alicyclic amines) is 1. The highest BCUT2D eigenvalue weighted by atomic mass is 16.4. The Kier molecular flexibility index (Phi) is 5.09. The first-order valence-corrected chi connectivity index (χ1v) is 6.95. The smallest absolute Gasteiger partial charge is 0.306 e. The number of carboxylic acids is 1.